The predicted octanol–water partition coefficient (Wildman–Crippen LogP) is 0.838. The third-order valence-electron chi connectivity index (χ3n) is 2.41. The molecule has 6 nitrogen and oxygen atoms in total. The number of aliphatic carboxylic acids is 1. The summed E-state index contributed by atoms with van der Waals surface area (Å²) >= 11 is 1.48. The van der Waals surface area contributed by atoms with Gasteiger partial charge >= 0.3 is 5.97 Å². The van der Waals surface area contributed by atoms with Crippen molar-refractivity contribution in [3.8, 4) is 0 Å². The molecule has 96 valence electrons. The van der Waals surface area contributed by atoms with E-state index in [2.05, 4.69) is 10.3 Å². The van der Waals surface area contributed by atoms with Gasteiger partial charge in [0, 0.05) is 23.8 Å². The maximum atomic E-state index is 11.6. The quantitative estimate of drug-likeness (QED) is 0.840. The summed E-state index contributed by atoms with van der Waals surface area (Å²) in [4.78, 5) is 27.1. The summed E-state index contributed by atoms with van der Waals surface area (Å²) in [5, 5.41) is 12.9. The lowest BCUT2D eigenvalue weighted by Gasteiger charge is -2.02. The fourth-order valence-electron chi connectivity index (χ4n) is 1.60. The molecule has 2 rings (SSSR count). The molecule has 0 saturated heterocycles. The van der Waals surface area contributed by atoms with Crippen LogP contribution in [-0.2, 0) is 16.0 Å². The van der Waals surface area contributed by atoms with Crippen molar-refractivity contribution in [2.45, 2.75) is 19.8 Å². The summed E-state index contributed by atoms with van der Waals surface area (Å²) in [7, 11) is 0. The summed E-state index contributed by atoms with van der Waals surface area (Å²) in [6.07, 6.45) is 2.05. The number of nitrogens with zero attached hydrogens (tertiary/aromatic N) is 2. The minimum atomic E-state index is -0.918. The number of hydrogen-bond donors (Lipinski definition) is 2. The van der Waals surface area contributed by atoms with Gasteiger partial charge in [-0.3, -0.25) is 14.0 Å². The fourth-order valence-corrected chi connectivity index (χ4v) is 2.52. The Labute approximate surface area is 107 Å². The van der Waals surface area contributed by atoms with E-state index in [0.717, 1.165) is 16.3 Å². The molecule has 0 spiro atoms. The molecule has 0 aliphatic heterocycles. The van der Waals surface area contributed by atoms with Gasteiger partial charge in [-0.25, -0.2) is 4.98 Å². The summed E-state index contributed by atoms with van der Waals surface area (Å²) in [5.74, 6) is -1.10. The number of carbonyl (C=O) groups excluding carboxylic acids is 1. The van der Waals surface area contributed by atoms with E-state index in [1.54, 1.807) is 0 Å². The van der Waals surface area contributed by atoms with Gasteiger partial charge in [-0.05, 0) is 6.92 Å². The zero-order valence-corrected chi connectivity index (χ0v) is 10.7. The highest BCUT2D eigenvalue weighted by Gasteiger charge is 2.10. The molecule has 0 radical (unpaired) electrons. The van der Waals surface area contributed by atoms with Gasteiger partial charge < -0.3 is 10.4 Å². The number of amides is 1. The summed E-state index contributed by atoms with van der Waals surface area (Å²) in [5.41, 5.74) is 1.78. The molecule has 2 aromatic heterocycles. The summed E-state index contributed by atoms with van der Waals surface area (Å²) < 4.78 is 1.89. The second kappa shape index (κ2) is 5.18. The zero-order chi connectivity index (χ0) is 13.1. The molecule has 0 bridgehead atoms. The van der Waals surface area contributed by atoms with Crippen molar-refractivity contribution in [2.24, 2.45) is 0 Å². The Kier molecular flexibility index (Phi) is 3.61. The van der Waals surface area contributed by atoms with Gasteiger partial charge in [0.2, 0.25) is 5.91 Å². The molecule has 2 aromatic rings. The summed E-state index contributed by atoms with van der Waals surface area (Å²) in [6.45, 7) is 2.06. The van der Waals surface area contributed by atoms with Gasteiger partial charge in [0.1, 0.15) is 0 Å². The van der Waals surface area contributed by atoms with Crippen LogP contribution in [0.25, 0.3) is 4.96 Å². The molecule has 2 N–H and O–H groups in total. The highest BCUT2D eigenvalue weighted by molar-refractivity contribution is 7.15. The summed E-state index contributed by atoms with van der Waals surface area (Å²) in [6, 6.07) is 0. The standard InChI is InChI=1S/C11H13N3O3S/c1-7-5-14-8(6-18-11(14)13-7)4-9(15)12-3-2-10(16)17/h5-6H,2-4H2,1H3,(H,12,15)(H,16,17). The molecule has 0 saturated carbocycles. The number of imidazole rings is 1. The van der Waals surface area contributed by atoms with Crippen molar-refractivity contribution < 1.29 is 14.7 Å². The largest absolute Gasteiger partial charge is 0.481 e. The van der Waals surface area contributed by atoms with Crippen LogP contribution in [-0.4, -0.2) is 32.9 Å². The normalized spacial score (nSPS) is 10.7. The van der Waals surface area contributed by atoms with Crippen LogP contribution in [0.5, 0.6) is 0 Å². The van der Waals surface area contributed by atoms with Gasteiger partial charge in [-0.1, -0.05) is 0 Å². The SMILES string of the molecule is Cc1cn2c(CC(=O)NCCC(=O)O)csc2n1. The number of carbonyl (C=O) groups is 2. The Morgan fingerprint density at radius 3 is 3.06 bits per heavy atom. The molecule has 1 amide bonds. The molecule has 7 heteroatoms. The Morgan fingerprint density at radius 1 is 1.56 bits per heavy atom. The average molecular weight is 267 g/mol. The molecule has 0 atom stereocenters. The molecule has 0 fully saturated rings. The number of carboxylic acid groups (broad SMARTS) is 1. The minimum absolute atomic E-state index is 0.0605. The zero-order valence-electron chi connectivity index (χ0n) is 9.84. The van der Waals surface area contributed by atoms with Crippen LogP contribution in [0.3, 0.4) is 0 Å². The number of aryl methyl sites for hydroxylation is 1. The highest BCUT2D eigenvalue weighted by Crippen LogP contribution is 2.16. The minimum Gasteiger partial charge on any atom is -0.481 e. The lowest BCUT2D eigenvalue weighted by atomic mass is 10.3. The third kappa shape index (κ3) is 2.86. The molecule has 18 heavy (non-hydrogen) atoms. The number of nitrogens with one attached hydrogen (secondary N) is 1. The van der Waals surface area contributed by atoms with E-state index >= 15 is 0 Å². The van der Waals surface area contributed by atoms with E-state index in [1.807, 2.05) is 22.9 Å². The molecular formula is C11H13N3O3S. The second-order valence-corrected chi connectivity index (χ2v) is 4.77. The van der Waals surface area contributed by atoms with Crippen molar-refractivity contribution in [3.05, 3.63) is 23.0 Å². The number of aromatic nitrogens is 2. The third-order valence-corrected chi connectivity index (χ3v) is 3.30. The number of fused-ring (bicyclic) bond motifs is 1. The van der Waals surface area contributed by atoms with Gasteiger partial charge in [0.25, 0.3) is 0 Å². The van der Waals surface area contributed by atoms with Crippen LogP contribution in [0.1, 0.15) is 17.8 Å². The Balaban J connectivity index is 1.96. The second-order valence-electron chi connectivity index (χ2n) is 3.93. The Bertz CT molecular complexity index is 587. The van der Waals surface area contributed by atoms with Gasteiger partial charge in [-0.2, -0.15) is 0 Å². The van der Waals surface area contributed by atoms with Crippen LogP contribution in [0.4, 0.5) is 0 Å². The van der Waals surface area contributed by atoms with Gasteiger partial charge in [0.05, 0.1) is 18.5 Å². The van der Waals surface area contributed by atoms with E-state index in [0.29, 0.717) is 0 Å². The van der Waals surface area contributed by atoms with Crippen LogP contribution in [0, 0.1) is 6.92 Å². The van der Waals surface area contributed by atoms with Gasteiger partial charge in [0.15, 0.2) is 4.96 Å². The topological polar surface area (TPSA) is 83.7 Å². The maximum Gasteiger partial charge on any atom is 0.305 e. The van der Waals surface area contributed by atoms with Crippen molar-refractivity contribution in [1.29, 1.82) is 0 Å². The van der Waals surface area contributed by atoms with Crippen LogP contribution in [0.2, 0.25) is 0 Å². The van der Waals surface area contributed by atoms with Crippen LogP contribution in [0.15, 0.2) is 11.6 Å². The molecule has 2 heterocycles. The van der Waals surface area contributed by atoms with E-state index < -0.39 is 5.97 Å². The Morgan fingerprint density at radius 2 is 2.33 bits per heavy atom. The maximum absolute atomic E-state index is 11.6. The molecule has 0 aliphatic rings. The first-order valence-electron chi connectivity index (χ1n) is 5.47. The van der Waals surface area contributed by atoms with E-state index in [9.17, 15) is 9.59 Å². The molecule has 0 unspecified atom stereocenters. The smallest absolute Gasteiger partial charge is 0.305 e. The number of carboxylic acids is 1. The van der Waals surface area contributed by atoms with Crippen molar-refractivity contribution in [1.82, 2.24) is 14.7 Å². The van der Waals surface area contributed by atoms with Crippen molar-refractivity contribution >= 4 is 28.2 Å². The Hall–Kier alpha value is -1.89. The first-order valence-corrected chi connectivity index (χ1v) is 6.35. The van der Waals surface area contributed by atoms with Crippen LogP contribution < -0.4 is 5.32 Å². The highest BCUT2D eigenvalue weighted by atomic mass is 32.1. The first-order chi connectivity index (χ1) is 8.56. The van der Waals surface area contributed by atoms with Crippen molar-refractivity contribution in [2.75, 3.05) is 6.54 Å². The van der Waals surface area contributed by atoms with Gasteiger partial charge in [-0.15, -0.1) is 11.3 Å². The molecule has 0 aromatic carbocycles. The van der Waals surface area contributed by atoms with E-state index in [4.69, 9.17) is 5.11 Å². The lowest BCUT2D eigenvalue weighted by Crippen LogP contribution is -2.27. The predicted molar refractivity (Wildman–Crippen MR) is 66.8 cm³/mol. The first kappa shape index (κ1) is 12.6. The fraction of sp³-hybridized carbons (Fsp3) is 0.364. The number of hydrogen-bond acceptors (Lipinski definition) is 4. The monoisotopic (exact) mass is 267 g/mol. The van der Waals surface area contributed by atoms with Crippen LogP contribution >= 0.6 is 11.3 Å². The number of rotatable bonds is 5. The molecular weight excluding hydrogens is 254 g/mol. The van der Waals surface area contributed by atoms with Crippen molar-refractivity contribution in [3.63, 3.8) is 0 Å². The number of thiazole rings is 1. The molecule has 0 aliphatic carbocycles. The van der Waals surface area contributed by atoms with E-state index in [-0.39, 0.29) is 25.3 Å². The lowest BCUT2D eigenvalue weighted by molar-refractivity contribution is -0.136. The average Bonchev–Trinajstić information content (AvgIpc) is 2.79. The van der Waals surface area contributed by atoms with E-state index in [1.165, 1.54) is 11.3 Å².